The molecular formula is C17H20N2O2. The molecule has 0 spiro atoms. The molecule has 21 heavy (non-hydrogen) atoms. The highest BCUT2D eigenvalue weighted by molar-refractivity contribution is 5.88. The van der Waals surface area contributed by atoms with E-state index in [0.29, 0.717) is 6.54 Å². The van der Waals surface area contributed by atoms with Crippen LogP contribution in [0.5, 0.6) is 0 Å². The van der Waals surface area contributed by atoms with Crippen LogP contribution in [0.1, 0.15) is 31.1 Å². The van der Waals surface area contributed by atoms with E-state index in [1.807, 2.05) is 48.5 Å². The predicted octanol–water partition coefficient (Wildman–Crippen LogP) is 3.31. The first-order valence-electron chi connectivity index (χ1n) is 6.93. The van der Waals surface area contributed by atoms with E-state index in [1.54, 1.807) is 6.92 Å². The van der Waals surface area contributed by atoms with Crippen molar-refractivity contribution in [3.05, 3.63) is 59.7 Å². The fraction of sp³-hybridized carbons (Fsp3) is 0.235. The average Bonchev–Trinajstić information content (AvgIpc) is 2.46. The van der Waals surface area contributed by atoms with Gasteiger partial charge in [0.1, 0.15) is 0 Å². The van der Waals surface area contributed by atoms with Crippen LogP contribution in [-0.2, 0) is 11.3 Å². The fourth-order valence-corrected chi connectivity index (χ4v) is 2.13. The molecule has 1 atom stereocenters. The van der Waals surface area contributed by atoms with Gasteiger partial charge in [0.15, 0.2) is 0 Å². The van der Waals surface area contributed by atoms with Gasteiger partial charge in [0, 0.05) is 30.4 Å². The van der Waals surface area contributed by atoms with Gasteiger partial charge in [0.25, 0.3) is 0 Å². The molecule has 0 bridgehead atoms. The Labute approximate surface area is 124 Å². The van der Waals surface area contributed by atoms with E-state index in [-0.39, 0.29) is 5.91 Å². The molecular weight excluding hydrogens is 264 g/mol. The summed E-state index contributed by atoms with van der Waals surface area (Å²) in [4.78, 5) is 11.0. The molecule has 2 aromatic rings. The summed E-state index contributed by atoms with van der Waals surface area (Å²) in [6, 6.07) is 15.4. The van der Waals surface area contributed by atoms with Crippen LogP contribution in [0.3, 0.4) is 0 Å². The highest BCUT2D eigenvalue weighted by atomic mass is 16.3. The molecule has 0 aliphatic rings. The number of rotatable bonds is 5. The van der Waals surface area contributed by atoms with Crippen LogP contribution in [0.2, 0.25) is 0 Å². The van der Waals surface area contributed by atoms with Crippen molar-refractivity contribution in [1.29, 1.82) is 0 Å². The van der Waals surface area contributed by atoms with Crippen LogP contribution in [0.4, 0.5) is 11.4 Å². The average molecular weight is 284 g/mol. The lowest BCUT2D eigenvalue weighted by Gasteiger charge is -2.14. The van der Waals surface area contributed by atoms with Crippen LogP contribution in [0, 0.1) is 0 Å². The van der Waals surface area contributed by atoms with Gasteiger partial charge in [-0.05, 0) is 30.7 Å². The number of hydrogen-bond acceptors (Lipinski definition) is 3. The SMILES string of the molecule is CC(=O)Nc1ccc(CNc2ccccc2C(C)O)cc1. The van der Waals surface area contributed by atoms with Gasteiger partial charge < -0.3 is 15.7 Å². The Morgan fingerprint density at radius 2 is 1.81 bits per heavy atom. The molecule has 110 valence electrons. The molecule has 0 fully saturated rings. The molecule has 0 radical (unpaired) electrons. The molecule has 0 saturated carbocycles. The van der Waals surface area contributed by atoms with Crippen LogP contribution in [0.15, 0.2) is 48.5 Å². The summed E-state index contributed by atoms with van der Waals surface area (Å²) in [6.45, 7) is 3.90. The molecule has 0 aliphatic heterocycles. The van der Waals surface area contributed by atoms with Gasteiger partial charge in [-0.15, -0.1) is 0 Å². The third kappa shape index (κ3) is 4.33. The Bertz CT molecular complexity index is 606. The topological polar surface area (TPSA) is 61.4 Å². The van der Waals surface area contributed by atoms with Gasteiger partial charge in [0.2, 0.25) is 5.91 Å². The number of amides is 1. The summed E-state index contributed by atoms with van der Waals surface area (Å²) >= 11 is 0. The van der Waals surface area contributed by atoms with E-state index in [4.69, 9.17) is 0 Å². The van der Waals surface area contributed by atoms with Crippen LogP contribution in [0.25, 0.3) is 0 Å². The lowest BCUT2D eigenvalue weighted by Crippen LogP contribution is -2.06. The maximum absolute atomic E-state index is 11.0. The molecule has 4 nitrogen and oxygen atoms in total. The number of hydrogen-bond donors (Lipinski definition) is 3. The summed E-state index contributed by atoms with van der Waals surface area (Å²) in [5.74, 6) is -0.0771. The van der Waals surface area contributed by atoms with E-state index in [9.17, 15) is 9.90 Å². The molecule has 0 saturated heterocycles. The zero-order valence-electron chi connectivity index (χ0n) is 12.3. The summed E-state index contributed by atoms with van der Waals surface area (Å²) in [5, 5.41) is 15.8. The number of benzene rings is 2. The summed E-state index contributed by atoms with van der Waals surface area (Å²) in [7, 11) is 0. The minimum atomic E-state index is -0.504. The second kappa shape index (κ2) is 6.90. The van der Waals surface area contributed by atoms with Gasteiger partial charge in [0.05, 0.1) is 6.10 Å². The van der Waals surface area contributed by atoms with E-state index in [0.717, 1.165) is 22.5 Å². The summed E-state index contributed by atoms with van der Waals surface area (Å²) < 4.78 is 0. The number of carbonyl (C=O) groups excluding carboxylic acids is 1. The third-order valence-corrected chi connectivity index (χ3v) is 3.17. The number of aliphatic hydroxyl groups excluding tert-OH is 1. The second-order valence-electron chi connectivity index (χ2n) is 4.99. The van der Waals surface area contributed by atoms with Crippen LogP contribution in [-0.4, -0.2) is 11.0 Å². The Hall–Kier alpha value is -2.33. The lowest BCUT2D eigenvalue weighted by atomic mass is 10.1. The van der Waals surface area contributed by atoms with Gasteiger partial charge in [-0.25, -0.2) is 0 Å². The Balaban J connectivity index is 2.02. The van der Waals surface area contributed by atoms with Crippen molar-refractivity contribution in [2.75, 3.05) is 10.6 Å². The Morgan fingerprint density at radius 3 is 2.43 bits per heavy atom. The molecule has 0 heterocycles. The Morgan fingerprint density at radius 1 is 1.14 bits per heavy atom. The zero-order chi connectivity index (χ0) is 15.2. The number of para-hydroxylation sites is 1. The number of carbonyl (C=O) groups is 1. The monoisotopic (exact) mass is 284 g/mol. The minimum Gasteiger partial charge on any atom is -0.389 e. The first kappa shape index (κ1) is 15.1. The standard InChI is InChI=1S/C17H20N2O2/c1-12(20)16-5-3-4-6-17(16)18-11-14-7-9-15(10-8-14)19-13(2)21/h3-10,12,18,20H,11H2,1-2H3,(H,19,21). The van der Waals surface area contributed by atoms with Crippen molar-refractivity contribution < 1.29 is 9.90 Å². The molecule has 1 amide bonds. The largest absolute Gasteiger partial charge is 0.389 e. The molecule has 0 aliphatic carbocycles. The minimum absolute atomic E-state index is 0.0771. The molecule has 2 aromatic carbocycles. The van der Waals surface area contributed by atoms with E-state index in [1.165, 1.54) is 6.92 Å². The second-order valence-corrected chi connectivity index (χ2v) is 4.99. The summed E-state index contributed by atoms with van der Waals surface area (Å²) in [5.41, 5.74) is 3.70. The third-order valence-electron chi connectivity index (χ3n) is 3.17. The zero-order valence-corrected chi connectivity index (χ0v) is 12.3. The molecule has 4 heteroatoms. The highest BCUT2D eigenvalue weighted by Gasteiger charge is 2.06. The van der Waals surface area contributed by atoms with Crippen molar-refractivity contribution in [3.63, 3.8) is 0 Å². The number of anilines is 2. The van der Waals surface area contributed by atoms with Gasteiger partial charge in [-0.3, -0.25) is 4.79 Å². The van der Waals surface area contributed by atoms with Crippen molar-refractivity contribution >= 4 is 17.3 Å². The highest BCUT2D eigenvalue weighted by Crippen LogP contribution is 2.22. The summed E-state index contributed by atoms with van der Waals surface area (Å²) in [6.07, 6.45) is -0.504. The first-order chi connectivity index (χ1) is 10.1. The van der Waals surface area contributed by atoms with Crippen molar-refractivity contribution in [2.24, 2.45) is 0 Å². The first-order valence-corrected chi connectivity index (χ1v) is 6.93. The van der Waals surface area contributed by atoms with Crippen LogP contribution >= 0.6 is 0 Å². The lowest BCUT2D eigenvalue weighted by molar-refractivity contribution is -0.114. The van der Waals surface area contributed by atoms with E-state index >= 15 is 0 Å². The van der Waals surface area contributed by atoms with E-state index in [2.05, 4.69) is 10.6 Å². The van der Waals surface area contributed by atoms with Crippen molar-refractivity contribution in [1.82, 2.24) is 0 Å². The van der Waals surface area contributed by atoms with Gasteiger partial charge in [-0.2, -0.15) is 0 Å². The maximum atomic E-state index is 11.0. The van der Waals surface area contributed by atoms with Gasteiger partial charge in [-0.1, -0.05) is 30.3 Å². The van der Waals surface area contributed by atoms with Crippen LogP contribution < -0.4 is 10.6 Å². The van der Waals surface area contributed by atoms with Gasteiger partial charge >= 0.3 is 0 Å². The number of nitrogens with one attached hydrogen (secondary N) is 2. The smallest absolute Gasteiger partial charge is 0.221 e. The predicted molar refractivity (Wildman–Crippen MR) is 85.1 cm³/mol. The Kier molecular flexibility index (Phi) is 4.95. The van der Waals surface area contributed by atoms with Crippen molar-refractivity contribution in [2.45, 2.75) is 26.5 Å². The molecule has 0 aromatic heterocycles. The fourth-order valence-electron chi connectivity index (χ4n) is 2.13. The molecule has 3 N–H and O–H groups in total. The number of aliphatic hydroxyl groups is 1. The molecule has 1 unspecified atom stereocenters. The normalized spacial score (nSPS) is 11.8. The van der Waals surface area contributed by atoms with E-state index < -0.39 is 6.10 Å². The maximum Gasteiger partial charge on any atom is 0.221 e. The quantitative estimate of drug-likeness (QED) is 0.789. The van der Waals surface area contributed by atoms with Crippen molar-refractivity contribution in [3.8, 4) is 0 Å². The molecule has 2 rings (SSSR count).